The van der Waals surface area contributed by atoms with Crippen LogP contribution in [0.2, 0.25) is 0 Å². The maximum absolute atomic E-state index is 13.2. The van der Waals surface area contributed by atoms with Crippen molar-refractivity contribution >= 4 is 38.4 Å². The zero-order valence-corrected chi connectivity index (χ0v) is 17.4. The van der Waals surface area contributed by atoms with Gasteiger partial charge in [-0.3, -0.25) is 19.1 Å². The van der Waals surface area contributed by atoms with Crippen LogP contribution in [-0.2, 0) is 17.9 Å². The number of fused-ring (bicyclic) bond motifs is 1. The molecule has 4 aromatic rings. The Labute approximate surface area is 179 Å². The Balaban J connectivity index is 1.72. The molecule has 0 unspecified atom stereocenters. The SMILES string of the molecule is O=C(Cn1c(=O)[nH]c2ccccc2c1=O)N(Cc1ccccn1)c1ccc(Br)cc1. The van der Waals surface area contributed by atoms with Gasteiger partial charge in [0, 0.05) is 16.4 Å². The summed E-state index contributed by atoms with van der Waals surface area (Å²) in [5, 5.41) is 0.352. The molecule has 30 heavy (non-hydrogen) atoms. The van der Waals surface area contributed by atoms with Crippen LogP contribution in [-0.4, -0.2) is 20.4 Å². The Morgan fingerprint density at radius 2 is 1.73 bits per heavy atom. The van der Waals surface area contributed by atoms with Crippen LogP contribution in [0.25, 0.3) is 10.9 Å². The number of para-hydroxylation sites is 1. The van der Waals surface area contributed by atoms with Crippen LogP contribution in [0.5, 0.6) is 0 Å². The Kier molecular flexibility index (Phi) is 5.58. The summed E-state index contributed by atoms with van der Waals surface area (Å²) < 4.78 is 1.80. The number of carbonyl (C=O) groups excluding carboxylic acids is 1. The average molecular weight is 465 g/mol. The number of rotatable bonds is 5. The van der Waals surface area contributed by atoms with Gasteiger partial charge in [-0.1, -0.05) is 34.1 Å². The summed E-state index contributed by atoms with van der Waals surface area (Å²) in [5.74, 6) is -0.397. The second-order valence-corrected chi connectivity index (χ2v) is 7.56. The molecule has 150 valence electrons. The fourth-order valence-corrected chi connectivity index (χ4v) is 3.43. The number of halogens is 1. The number of carbonyl (C=O) groups is 1. The van der Waals surface area contributed by atoms with Crippen LogP contribution in [0.4, 0.5) is 5.69 Å². The molecule has 7 nitrogen and oxygen atoms in total. The van der Waals surface area contributed by atoms with Crippen molar-refractivity contribution in [1.29, 1.82) is 0 Å². The second kappa shape index (κ2) is 8.46. The molecule has 0 spiro atoms. The van der Waals surface area contributed by atoms with Crippen LogP contribution in [0.1, 0.15) is 5.69 Å². The zero-order chi connectivity index (χ0) is 21.1. The van der Waals surface area contributed by atoms with E-state index >= 15 is 0 Å². The maximum atomic E-state index is 13.2. The van der Waals surface area contributed by atoms with E-state index in [1.165, 1.54) is 4.90 Å². The van der Waals surface area contributed by atoms with E-state index in [2.05, 4.69) is 25.9 Å². The van der Waals surface area contributed by atoms with Gasteiger partial charge in [-0.2, -0.15) is 0 Å². The predicted octanol–water partition coefficient (Wildman–Crippen LogP) is 3.08. The average Bonchev–Trinajstić information content (AvgIpc) is 2.76. The molecule has 0 atom stereocenters. The smallest absolute Gasteiger partial charge is 0.307 e. The summed E-state index contributed by atoms with van der Waals surface area (Å²) in [6, 6.07) is 19.4. The van der Waals surface area contributed by atoms with E-state index in [0.29, 0.717) is 22.3 Å². The van der Waals surface area contributed by atoms with Crippen LogP contribution >= 0.6 is 15.9 Å². The summed E-state index contributed by atoms with van der Waals surface area (Å²) in [6.07, 6.45) is 1.65. The minimum atomic E-state index is -0.624. The fraction of sp³-hybridized carbons (Fsp3) is 0.0909. The van der Waals surface area contributed by atoms with Gasteiger partial charge in [-0.25, -0.2) is 4.79 Å². The normalized spacial score (nSPS) is 10.8. The summed E-state index contributed by atoms with van der Waals surface area (Å²) in [5.41, 5.74) is 0.638. The Morgan fingerprint density at radius 3 is 2.47 bits per heavy atom. The lowest BCUT2D eigenvalue weighted by molar-refractivity contribution is -0.119. The van der Waals surface area contributed by atoms with Gasteiger partial charge in [0.2, 0.25) is 5.91 Å². The van der Waals surface area contributed by atoms with Gasteiger partial charge in [-0.05, 0) is 48.5 Å². The lowest BCUT2D eigenvalue weighted by Gasteiger charge is -2.23. The topological polar surface area (TPSA) is 88.1 Å². The van der Waals surface area contributed by atoms with E-state index in [4.69, 9.17) is 0 Å². The predicted molar refractivity (Wildman–Crippen MR) is 118 cm³/mol. The molecule has 0 saturated carbocycles. The van der Waals surface area contributed by atoms with Gasteiger partial charge in [0.05, 0.1) is 23.1 Å². The quantitative estimate of drug-likeness (QED) is 0.491. The number of H-pyrrole nitrogens is 1. The first kappa shape index (κ1) is 19.8. The van der Waals surface area contributed by atoms with Crippen LogP contribution in [0.15, 0.2) is 87.0 Å². The fourth-order valence-electron chi connectivity index (χ4n) is 3.16. The molecule has 1 amide bonds. The third-order valence-corrected chi connectivity index (χ3v) is 5.20. The van der Waals surface area contributed by atoms with E-state index in [0.717, 1.165) is 9.04 Å². The Hall–Kier alpha value is -3.52. The maximum Gasteiger partial charge on any atom is 0.329 e. The van der Waals surface area contributed by atoms with Crippen molar-refractivity contribution in [3.8, 4) is 0 Å². The van der Waals surface area contributed by atoms with Crippen molar-refractivity contribution in [3.05, 3.63) is 104 Å². The molecule has 0 aliphatic rings. The van der Waals surface area contributed by atoms with E-state index < -0.39 is 17.2 Å². The highest BCUT2D eigenvalue weighted by molar-refractivity contribution is 9.10. The van der Waals surface area contributed by atoms with Crippen molar-refractivity contribution in [2.75, 3.05) is 4.90 Å². The lowest BCUT2D eigenvalue weighted by atomic mass is 10.2. The second-order valence-electron chi connectivity index (χ2n) is 6.64. The highest BCUT2D eigenvalue weighted by Gasteiger charge is 2.20. The van der Waals surface area contributed by atoms with Gasteiger partial charge in [0.15, 0.2) is 0 Å². The summed E-state index contributed by atoms with van der Waals surface area (Å²) in [6.45, 7) is -0.177. The number of hydrogen-bond donors (Lipinski definition) is 1. The van der Waals surface area contributed by atoms with Crippen molar-refractivity contribution in [3.63, 3.8) is 0 Å². The van der Waals surface area contributed by atoms with Crippen molar-refractivity contribution in [2.45, 2.75) is 13.1 Å². The number of aromatic nitrogens is 3. The van der Waals surface area contributed by atoms with Crippen molar-refractivity contribution in [2.24, 2.45) is 0 Å². The van der Waals surface area contributed by atoms with Gasteiger partial charge >= 0.3 is 5.69 Å². The number of anilines is 1. The third kappa shape index (κ3) is 4.08. The van der Waals surface area contributed by atoms with Gasteiger partial charge in [-0.15, -0.1) is 0 Å². The van der Waals surface area contributed by atoms with Crippen LogP contribution < -0.4 is 16.1 Å². The van der Waals surface area contributed by atoms with Gasteiger partial charge in [0.1, 0.15) is 6.54 Å². The molecule has 0 saturated heterocycles. The molecule has 0 aliphatic carbocycles. The number of nitrogens with one attached hydrogen (secondary N) is 1. The molecular formula is C22H17BrN4O3. The minimum absolute atomic E-state index is 0.210. The number of aromatic amines is 1. The lowest BCUT2D eigenvalue weighted by Crippen LogP contribution is -2.42. The molecule has 0 bridgehead atoms. The van der Waals surface area contributed by atoms with Gasteiger partial charge < -0.3 is 9.88 Å². The number of nitrogens with zero attached hydrogens (tertiary/aromatic N) is 3. The molecule has 2 aromatic carbocycles. The van der Waals surface area contributed by atoms with E-state index in [-0.39, 0.29) is 13.1 Å². The first-order valence-electron chi connectivity index (χ1n) is 9.20. The number of pyridine rings is 1. The van der Waals surface area contributed by atoms with E-state index in [9.17, 15) is 14.4 Å². The summed E-state index contributed by atoms with van der Waals surface area (Å²) in [7, 11) is 0. The molecule has 2 heterocycles. The van der Waals surface area contributed by atoms with E-state index in [1.54, 1.807) is 48.7 Å². The largest absolute Gasteiger partial charge is 0.329 e. The molecular weight excluding hydrogens is 448 g/mol. The molecule has 0 aliphatic heterocycles. The summed E-state index contributed by atoms with van der Waals surface area (Å²) in [4.78, 5) is 46.9. The van der Waals surface area contributed by atoms with Crippen molar-refractivity contribution < 1.29 is 4.79 Å². The Bertz CT molecular complexity index is 1310. The molecule has 0 radical (unpaired) electrons. The molecule has 4 rings (SSSR count). The van der Waals surface area contributed by atoms with Gasteiger partial charge in [0.25, 0.3) is 5.56 Å². The molecule has 8 heteroatoms. The van der Waals surface area contributed by atoms with Crippen LogP contribution in [0.3, 0.4) is 0 Å². The third-order valence-electron chi connectivity index (χ3n) is 4.67. The van der Waals surface area contributed by atoms with Crippen molar-refractivity contribution in [1.82, 2.24) is 14.5 Å². The highest BCUT2D eigenvalue weighted by Crippen LogP contribution is 2.20. The summed E-state index contributed by atoms with van der Waals surface area (Å²) >= 11 is 3.39. The van der Waals surface area contributed by atoms with E-state index in [1.807, 2.05) is 24.3 Å². The number of hydrogen-bond acceptors (Lipinski definition) is 4. The molecule has 1 N–H and O–H groups in total. The highest BCUT2D eigenvalue weighted by atomic mass is 79.9. The number of amides is 1. The minimum Gasteiger partial charge on any atom is -0.307 e. The Morgan fingerprint density at radius 1 is 1.00 bits per heavy atom. The number of benzene rings is 2. The first-order valence-corrected chi connectivity index (χ1v) is 10.00. The van der Waals surface area contributed by atoms with Crippen LogP contribution in [0, 0.1) is 0 Å². The molecule has 2 aromatic heterocycles. The zero-order valence-electron chi connectivity index (χ0n) is 15.8. The molecule has 0 fully saturated rings. The monoisotopic (exact) mass is 464 g/mol. The standard InChI is InChI=1S/C22H17BrN4O3/c23-15-8-10-17(11-9-15)26(13-16-5-3-4-12-24-16)20(28)14-27-21(29)18-6-1-2-7-19(18)25-22(27)30/h1-12H,13-14H2,(H,25,30). The first-order chi connectivity index (χ1) is 14.5.